The zero-order chi connectivity index (χ0) is 13.1. The van der Waals surface area contributed by atoms with Gasteiger partial charge < -0.3 is 10.6 Å². The van der Waals surface area contributed by atoms with Gasteiger partial charge in [-0.1, -0.05) is 0 Å². The minimum atomic E-state index is 0.762. The molecule has 0 spiro atoms. The van der Waals surface area contributed by atoms with Crippen LogP contribution in [0.3, 0.4) is 0 Å². The second-order valence-electron chi connectivity index (χ2n) is 4.65. The largest absolute Gasteiger partial charge is 0.396 e. The minimum Gasteiger partial charge on any atom is -0.396 e. The predicted octanol–water partition coefficient (Wildman–Crippen LogP) is 1.44. The number of anilines is 2. The number of hydrogen-bond donors (Lipinski definition) is 1. The van der Waals surface area contributed by atoms with Crippen molar-refractivity contribution in [2.75, 3.05) is 36.8 Å². The van der Waals surface area contributed by atoms with Crippen LogP contribution in [0.2, 0.25) is 0 Å². The Hall–Kier alpha value is -1.66. The fraction of sp³-hybridized carbons (Fsp3) is 0.385. The van der Waals surface area contributed by atoms with E-state index in [4.69, 9.17) is 5.73 Å². The Morgan fingerprint density at radius 3 is 2.79 bits per heavy atom. The lowest BCUT2D eigenvalue weighted by Crippen LogP contribution is -2.46. The fourth-order valence-corrected chi connectivity index (χ4v) is 2.97. The number of nitrogens with two attached hydrogens (primary N) is 1. The first-order chi connectivity index (χ1) is 9.33. The normalized spacial score (nSPS) is 16.7. The molecular formula is C13H17N5S. The van der Waals surface area contributed by atoms with Crippen molar-refractivity contribution in [3.8, 4) is 0 Å². The summed E-state index contributed by atoms with van der Waals surface area (Å²) >= 11 is 1.72. The molecule has 6 heteroatoms. The Morgan fingerprint density at radius 2 is 2.11 bits per heavy atom. The number of aromatic nitrogens is 2. The summed E-state index contributed by atoms with van der Waals surface area (Å²) in [5.41, 5.74) is 8.62. The summed E-state index contributed by atoms with van der Waals surface area (Å²) in [6.07, 6.45) is 3.75. The third-order valence-electron chi connectivity index (χ3n) is 3.35. The molecular weight excluding hydrogens is 258 g/mol. The molecule has 0 amide bonds. The van der Waals surface area contributed by atoms with Crippen LogP contribution in [0.4, 0.5) is 11.5 Å². The van der Waals surface area contributed by atoms with Crippen LogP contribution in [0, 0.1) is 0 Å². The van der Waals surface area contributed by atoms with Gasteiger partial charge in [0.15, 0.2) is 5.82 Å². The maximum absolute atomic E-state index is 5.97. The van der Waals surface area contributed by atoms with E-state index in [9.17, 15) is 0 Å². The molecule has 0 aliphatic carbocycles. The molecule has 0 atom stereocenters. The summed E-state index contributed by atoms with van der Waals surface area (Å²) < 4.78 is 0. The summed E-state index contributed by atoms with van der Waals surface area (Å²) in [5, 5.41) is 0. The number of rotatable bonds is 3. The van der Waals surface area contributed by atoms with Gasteiger partial charge in [-0.15, -0.1) is 11.3 Å². The maximum Gasteiger partial charge on any atom is 0.151 e. The lowest BCUT2D eigenvalue weighted by atomic mass is 10.3. The second kappa shape index (κ2) is 5.54. The van der Waals surface area contributed by atoms with Gasteiger partial charge in [-0.3, -0.25) is 9.88 Å². The number of pyridine rings is 1. The monoisotopic (exact) mass is 275 g/mol. The van der Waals surface area contributed by atoms with Crippen molar-refractivity contribution >= 4 is 22.8 Å². The highest BCUT2D eigenvalue weighted by molar-refractivity contribution is 7.09. The van der Waals surface area contributed by atoms with Gasteiger partial charge >= 0.3 is 0 Å². The Kier molecular flexibility index (Phi) is 3.61. The molecule has 0 bridgehead atoms. The lowest BCUT2D eigenvalue weighted by molar-refractivity contribution is 0.251. The fourth-order valence-electron chi connectivity index (χ4n) is 2.33. The smallest absolute Gasteiger partial charge is 0.151 e. The molecule has 2 aromatic heterocycles. The second-order valence-corrected chi connectivity index (χ2v) is 5.62. The van der Waals surface area contributed by atoms with Crippen LogP contribution >= 0.6 is 11.3 Å². The van der Waals surface area contributed by atoms with Crippen molar-refractivity contribution in [1.29, 1.82) is 0 Å². The molecule has 100 valence electrons. The van der Waals surface area contributed by atoms with E-state index in [1.165, 1.54) is 4.88 Å². The molecule has 0 unspecified atom stereocenters. The standard InChI is InChI=1S/C13H17N5S/c14-12-2-1-3-16-13(12)18-6-4-17(5-7-18)9-11-8-15-10-19-11/h1-3,8,10H,4-7,9,14H2. The average molecular weight is 275 g/mol. The molecule has 19 heavy (non-hydrogen) atoms. The van der Waals surface area contributed by atoms with Crippen molar-refractivity contribution in [3.63, 3.8) is 0 Å². The van der Waals surface area contributed by atoms with Gasteiger partial charge in [0.25, 0.3) is 0 Å². The molecule has 0 saturated carbocycles. The first-order valence-corrected chi connectivity index (χ1v) is 7.26. The molecule has 2 N–H and O–H groups in total. The van der Waals surface area contributed by atoms with E-state index in [1.807, 2.05) is 23.8 Å². The number of piperazine rings is 1. The summed E-state index contributed by atoms with van der Waals surface area (Å²) in [6, 6.07) is 3.78. The SMILES string of the molecule is Nc1cccnc1N1CCN(Cc2cncs2)CC1. The van der Waals surface area contributed by atoms with Crippen molar-refractivity contribution < 1.29 is 0 Å². The van der Waals surface area contributed by atoms with Gasteiger partial charge in [0.1, 0.15) is 0 Å². The molecule has 3 heterocycles. The van der Waals surface area contributed by atoms with Gasteiger partial charge in [0.2, 0.25) is 0 Å². The number of thiazole rings is 1. The Balaban J connectivity index is 1.59. The van der Waals surface area contributed by atoms with Gasteiger partial charge in [0.05, 0.1) is 11.2 Å². The van der Waals surface area contributed by atoms with E-state index in [1.54, 1.807) is 17.5 Å². The summed E-state index contributed by atoms with van der Waals surface area (Å²) in [5.74, 6) is 0.917. The van der Waals surface area contributed by atoms with Crippen LogP contribution < -0.4 is 10.6 Å². The van der Waals surface area contributed by atoms with E-state index in [-0.39, 0.29) is 0 Å². The quantitative estimate of drug-likeness (QED) is 0.918. The van der Waals surface area contributed by atoms with Crippen LogP contribution in [0.25, 0.3) is 0 Å². The molecule has 1 fully saturated rings. The van der Waals surface area contributed by atoms with Gasteiger partial charge in [-0.25, -0.2) is 4.98 Å². The summed E-state index contributed by atoms with van der Waals surface area (Å²) in [4.78, 5) is 14.5. The molecule has 5 nitrogen and oxygen atoms in total. The number of nitrogen functional groups attached to an aromatic ring is 1. The highest BCUT2D eigenvalue weighted by Crippen LogP contribution is 2.21. The third-order valence-corrected chi connectivity index (χ3v) is 4.12. The Bertz CT molecular complexity index is 520. The van der Waals surface area contributed by atoms with Gasteiger partial charge in [-0.2, -0.15) is 0 Å². The topological polar surface area (TPSA) is 58.3 Å². The van der Waals surface area contributed by atoms with Crippen molar-refractivity contribution in [1.82, 2.24) is 14.9 Å². The van der Waals surface area contributed by atoms with Crippen molar-refractivity contribution in [3.05, 3.63) is 34.9 Å². The van der Waals surface area contributed by atoms with Crippen molar-refractivity contribution in [2.24, 2.45) is 0 Å². The molecule has 1 saturated heterocycles. The number of nitrogens with zero attached hydrogens (tertiary/aromatic N) is 4. The Morgan fingerprint density at radius 1 is 1.26 bits per heavy atom. The molecule has 2 aromatic rings. The molecule has 0 radical (unpaired) electrons. The van der Waals surface area contributed by atoms with E-state index < -0.39 is 0 Å². The van der Waals surface area contributed by atoms with Crippen LogP contribution in [0.5, 0.6) is 0 Å². The zero-order valence-electron chi connectivity index (χ0n) is 10.7. The van der Waals surface area contributed by atoms with Gasteiger partial charge in [-0.05, 0) is 12.1 Å². The summed E-state index contributed by atoms with van der Waals surface area (Å²) in [6.45, 7) is 5.01. The Labute approximate surface area is 116 Å². The van der Waals surface area contributed by atoms with Crippen molar-refractivity contribution in [2.45, 2.75) is 6.54 Å². The first kappa shape index (κ1) is 12.4. The van der Waals surface area contributed by atoms with Crippen LogP contribution in [0.1, 0.15) is 4.88 Å². The first-order valence-electron chi connectivity index (χ1n) is 6.38. The third kappa shape index (κ3) is 2.85. The van der Waals surface area contributed by atoms with E-state index in [0.717, 1.165) is 44.2 Å². The van der Waals surface area contributed by atoms with Crippen LogP contribution in [-0.2, 0) is 6.54 Å². The molecule has 0 aromatic carbocycles. The summed E-state index contributed by atoms with van der Waals surface area (Å²) in [7, 11) is 0. The predicted molar refractivity (Wildman–Crippen MR) is 78.3 cm³/mol. The zero-order valence-corrected chi connectivity index (χ0v) is 11.5. The highest BCUT2D eigenvalue weighted by atomic mass is 32.1. The van der Waals surface area contributed by atoms with Gasteiger partial charge in [0, 0.05) is 50.0 Å². The lowest BCUT2D eigenvalue weighted by Gasteiger charge is -2.35. The number of hydrogen-bond acceptors (Lipinski definition) is 6. The molecule has 3 rings (SSSR count). The average Bonchev–Trinajstić information content (AvgIpc) is 2.93. The van der Waals surface area contributed by atoms with E-state index in [0.29, 0.717) is 0 Å². The molecule has 1 aliphatic heterocycles. The molecule has 1 aliphatic rings. The van der Waals surface area contributed by atoms with Crippen LogP contribution in [-0.4, -0.2) is 41.0 Å². The van der Waals surface area contributed by atoms with E-state index in [2.05, 4.69) is 19.8 Å². The minimum absolute atomic E-state index is 0.762. The highest BCUT2D eigenvalue weighted by Gasteiger charge is 2.19. The maximum atomic E-state index is 5.97. The van der Waals surface area contributed by atoms with E-state index >= 15 is 0 Å². The van der Waals surface area contributed by atoms with Crippen LogP contribution in [0.15, 0.2) is 30.0 Å².